The molecule has 0 bridgehead atoms. The van der Waals surface area contributed by atoms with Crippen molar-refractivity contribution in [3.63, 3.8) is 0 Å². The molecular formula is C16H17NO3S. The number of carboxylic acid groups (broad SMARTS) is 1. The van der Waals surface area contributed by atoms with Gasteiger partial charge in [0.2, 0.25) is 5.91 Å². The maximum absolute atomic E-state index is 11.9. The minimum atomic E-state index is -1.02. The number of carbonyl (C=O) groups is 2. The number of anilines is 1. The highest BCUT2D eigenvalue weighted by molar-refractivity contribution is 7.12. The van der Waals surface area contributed by atoms with Crippen molar-refractivity contribution in [3.8, 4) is 0 Å². The van der Waals surface area contributed by atoms with Crippen molar-refractivity contribution in [1.82, 2.24) is 0 Å². The predicted octanol–water partition coefficient (Wildman–Crippen LogP) is 3.58. The Morgan fingerprint density at radius 1 is 1.14 bits per heavy atom. The van der Waals surface area contributed by atoms with Crippen molar-refractivity contribution in [3.05, 3.63) is 51.7 Å². The monoisotopic (exact) mass is 303 g/mol. The number of amides is 1. The van der Waals surface area contributed by atoms with Gasteiger partial charge in [0.25, 0.3) is 0 Å². The van der Waals surface area contributed by atoms with Crippen LogP contribution in [0.1, 0.15) is 34.1 Å². The van der Waals surface area contributed by atoms with Gasteiger partial charge in [0.15, 0.2) is 0 Å². The van der Waals surface area contributed by atoms with E-state index in [4.69, 9.17) is 5.11 Å². The van der Waals surface area contributed by atoms with E-state index in [1.165, 1.54) is 5.56 Å². The Morgan fingerprint density at radius 2 is 1.81 bits per heavy atom. The third-order valence-corrected chi connectivity index (χ3v) is 4.11. The molecule has 2 rings (SSSR count). The van der Waals surface area contributed by atoms with Crippen LogP contribution in [0.2, 0.25) is 0 Å². The Hall–Kier alpha value is -2.14. The van der Waals surface area contributed by atoms with Crippen molar-refractivity contribution >= 4 is 28.9 Å². The molecule has 4 nitrogen and oxygen atoms in total. The summed E-state index contributed by atoms with van der Waals surface area (Å²) in [5.41, 5.74) is 2.75. The van der Waals surface area contributed by atoms with Gasteiger partial charge in [0.1, 0.15) is 4.88 Å². The fourth-order valence-corrected chi connectivity index (χ4v) is 2.67. The first-order valence-electron chi connectivity index (χ1n) is 6.78. The zero-order valence-electron chi connectivity index (χ0n) is 11.8. The van der Waals surface area contributed by atoms with Gasteiger partial charge >= 0.3 is 5.97 Å². The van der Waals surface area contributed by atoms with E-state index in [-0.39, 0.29) is 10.8 Å². The maximum Gasteiger partial charge on any atom is 0.348 e. The summed E-state index contributed by atoms with van der Waals surface area (Å²) in [6.07, 6.45) is 1.97. The van der Waals surface area contributed by atoms with Crippen LogP contribution in [0.25, 0.3) is 0 Å². The Bertz CT molecular complexity index is 631. The minimum absolute atomic E-state index is 0.163. The topological polar surface area (TPSA) is 66.4 Å². The summed E-state index contributed by atoms with van der Waals surface area (Å²) in [6.45, 7) is 2.10. The molecule has 0 fully saturated rings. The maximum atomic E-state index is 11.9. The molecule has 1 aromatic heterocycles. The fraction of sp³-hybridized carbons (Fsp3) is 0.250. The molecule has 0 spiro atoms. The molecule has 1 aromatic carbocycles. The van der Waals surface area contributed by atoms with Gasteiger partial charge in [-0.3, -0.25) is 4.79 Å². The lowest BCUT2D eigenvalue weighted by Crippen LogP contribution is -2.13. The number of carbonyl (C=O) groups excluding carboxylic acids is 1. The summed E-state index contributed by atoms with van der Waals surface area (Å²) in [5.74, 6) is -1.19. The molecule has 1 heterocycles. The van der Waals surface area contributed by atoms with Gasteiger partial charge in [-0.25, -0.2) is 4.79 Å². The van der Waals surface area contributed by atoms with Gasteiger partial charge in [0.05, 0.1) is 5.69 Å². The SMILES string of the molecule is CCc1ccc(CCC(=O)Nc2ccsc2C(=O)O)cc1. The molecule has 0 aliphatic carbocycles. The number of carboxylic acids is 1. The van der Waals surface area contributed by atoms with Crippen LogP contribution in [0, 0.1) is 0 Å². The highest BCUT2D eigenvalue weighted by atomic mass is 32.1. The van der Waals surface area contributed by atoms with Crippen LogP contribution in [0.3, 0.4) is 0 Å². The summed E-state index contributed by atoms with van der Waals surface area (Å²) in [6, 6.07) is 9.80. The summed E-state index contributed by atoms with van der Waals surface area (Å²) in [5, 5.41) is 13.3. The second kappa shape index (κ2) is 7.04. The van der Waals surface area contributed by atoms with E-state index in [2.05, 4.69) is 24.4 Å². The van der Waals surface area contributed by atoms with Crippen LogP contribution in [0.15, 0.2) is 35.7 Å². The first kappa shape index (κ1) is 15.3. The lowest BCUT2D eigenvalue weighted by molar-refractivity contribution is -0.116. The van der Waals surface area contributed by atoms with E-state index in [0.717, 1.165) is 23.3 Å². The molecule has 0 aliphatic heterocycles. The first-order valence-corrected chi connectivity index (χ1v) is 7.66. The van der Waals surface area contributed by atoms with E-state index < -0.39 is 5.97 Å². The number of rotatable bonds is 6. The van der Waals surface area contributed by atoms with Crippen molar-refractivity contribution in [2.24, 2.45) is 0 Å². The van der Waals surface area contributed by atoms with E-state index in [1.807, 2.05) is 12.1 Å². The van der Waals surface area contributed by atoms with E-state index in [9.17, 15) is 9.59 Å². The largest absolute Gasteiger partial charge is 0.477 e. The quantitative estimate of drug-likeness (QED) is 0.857. The lowest BCUT2D eigenvalue weighted by atomic mass is 10.1. The average molecular weight is 303 g/mol. The van der Waals surface area contributed by atoms with E-state index in [1.54, 1.807) is 11.4 Å². The standard InChI is InChI=1S/C16H17NO3S/c1-2-11-3-5-12(6-4-11)7-8-14(18)17-13-9-10-21-15(13)16(19)20/h3-6,9-10H,2,7-8H2,1H3,(H,17,18)(H,19,20). The molecule has 0 saturated carbocycles. The average Bonchev–Trinajstić information content (AvgIpc) is 2.94. The second-order valence-electron chi connectivity index (χ2n) is 4.69. The van der Waals surface area contributed by atoms with Gasteiger partial charge < -0.3 is 10.4 Å². The summed E-state index contributed by atoms with van der Waals surface area (Å²) in [7, 11) is 0. The van der Waals surface area contributed by atoms with Gasteiger partial charge in [-0.1, -0.05) is 31.2 Å². The molecule has 110 valence electrons. The zero-order chi connectivity index (χ0) is 15.2. The predicted molar refractivity (Wildman–Crippen MR) is 84.0 cm³/mol. The highest BCUT2D eigenvalue weighted by Gasteiger charge is 2.13. The summed E-state index contributed by atoms with van der Waals surface area (Å²) in [4.78, 5) is 23.0. The van der Waals surface area contributed by atoms with Crippen LogP contribution in [-0.4, -0.2) is 17.0 Å². The first-order chi connectivity index (χ1) is 10.1. The molecule has 1 amide bonds. The third-order valence-electron chi connectivity index (χ3n) is 3.21. The molecule has 5 heteroatoms. The number of hydrogen-bond donors (Lipinski definition) is 2. The zero-order valence-corrected chi connectivity index (χ0v) is 12.6. The highest BCUT2D eigenvalue weighted by Crippen LogP contribution is 2.22. The molecule has 2 N–H and O–H groups in total. The van der Waals surface area contributed by atoms with Crippen LogP contribution in [0.4, 0.5) is 5.69 Å². The number of aryl methyl sites for hydroxylation is 2. The minimum Gasteiger partial charge on any atom is -0.477 e. The number of hydrogen-bond acceptors (Lipinski definition) is 3. The van der Waals surface area contributed by atoms with Crippen molar-refractivity contribution < 1.29 is 14.7 Å². The Morgan fingerprint density at radius 3 is 2.43 bits per heavy atom. The van der Waals surface area contributed by atoms with Crippen LogP contribution >= 0.6 is 11.3 Å². The molecular weight excluding hydrogens is 286 g/mol. The smallest absolute Gasteiger partial charge is 0.348 e. The number of aromatic carboxylic acids is 1. The Labute approximate surface area is 127 Å². The Kier molecular flexibility index (Phi) is 5.11. The van der Waals surface area contributed by atoms with Gasteiger partial charge in [0, 0.05) is 6.42 Å². The van der Waals surface area contributed by atoms with Crippen molar-refractivity contribution in [2.75, 3.05) is 5.32 Å². The molecule has 0 atom stereocenters. The molecule has 2 aromatic rings. The van der Waals surface area contributed by atoms with Gasteiger partial charge in [-0.15, -0.1) is 11.3 Å². The molecule has 0 aliphatic rings. The van der Waals surface area contributed by atoms with Crippen LogP contribution in [0.5, 0.6) is 0 Å². The number of thiophene rings is 1. The lowest BCUT2D eigenvalue weighted by Gasteiger charge is -2.05. The normalized spacial score (nSPS) is 10.3. The van der Waals surface area contributed by atoms with Crippen molar-refractivity contribution in [1.29, 1.82) is 0 Å². The summed E-state index contributed by atoms with van der Waals surface area (Å²) >= 11 is 1.10. The molecule has 21 heavy (non-hydrogen) atoms. The van der Waals surface area contributed by atoms with Crippen LogP contribution < -0.4 is 5.32 Å². The molecule has 0 saturated heterocycles. The summed E-state index contributed by atoms with van der Waals surface area (Å²) < 4.78 is 0. The second-order valence-corrected chi connectivity index (χ2v) is 5.60. The third kappa shape index (κ3) is 4.16. The number of nitrogens with one attached hydrogen (secondary N) is 1. The number of benzene rings is 1. The molecule has 0 radical (unpaired) electrons. The van der Waals surface area contributed by atoms with Crippen molar-refractivity contribution in [2.45, 2.75) is 26.2 Å². The fourth-order valence-electron chi connectivity index (χ4n) is 1.99. The van der Waals surface area contributed by atoms with Gasteiger partial charge in [-0.05, 0) is 35.4 Å². The van der Waals surface area contributed by atoms with Crippen LogP contribution in [-0.2, 0) is 17.6 Å². The van der Waals surface area contributed by atoms with E-state index in [0.29, 0.717) is 18.5 Å². The van der Waals surface area contributed by atoms with E-state index >= 15 is 0 Å². The van der Waals surface area contributed by atoms with Gasteiger partial charge in [-0.2, -0.15) is 0 Å². The molecule has 0 unspecified atom stereocenters. The Balaban J connectivity index is 1.89.